The van der Waals surface area contributed by atoms with Crippen LogP contribution in [0.25, 0.3) is 0 Å². The highest BCUT2D eigenvalue weighted by atomic mass is 32.2. The molecule has 0 fully saturated rings. The molecule has 0 aliphatic heterocycles. The maximum Gasteiger partial charge on any atom is 0.319 e. The third-order valence-corrected chi connectivity index (χ3v) is 4.18. The van der Waals surface area contributed by atoms with E-state index in [0.29, 0.717) is 13.0 Å². The van der Waals surface area contributed by atoms with E-state index in [4.69, 9.17) is 4.55 Å². The molecule has 6 nitrogen and oxygen atoms in total. The van der Waals surface area contributed by atoms with Gasteiger partial charge in [-0.05, 0) is 42.7 Å². The quantitative estimate of drug-likeness (QED) is 0.732. The zero-order valence-electron chi connectivity index (χ0n) is 12.6. The van der Waals surface area contributed by atoms with Gasteiger partial charge in [-0.3, -0.25) is 4.55 Å². The molecular weight excluding hydrogens is 316 g/mol. The molecule has 2 rings (SSSR count). The Hall–Kier alpha value is -2.38. The molecule has 0 saturated heterocycles. The summed E-state index contributed by atoms with van der Waals surface area (Å²) >= 11 is 0. The van der Waals surface area contributed by atoms with Crippen molar-refractivity contribution in [3.63, 3.8) is 0 Å². The fraction of sp³-hybridized carbons (Fsp3) is 0.188. The Morgan fingerprint density at radius 2 is 1.87 bits per heavy atom. The molecule has 0 radical (unpaired) electrons. The van der Waals surface area contributed by atoms with Crippen LogP contribution < -0.4 is 10.6 Å². The number of amides is 2. The first-order valence-electron chi connectivity index (χ1n) is 7.03. The zero-order chi connectivity index (χ0) is 16.9. The molecule has 0 saturated carbocycles. The van der Waals surface area contributed by atoms with Crippen molar-refractivity contribution in [2.24, 2.45) is 0 Å². The molecule has 23 heavy (non-hydrogen) atoms. The van der Waals surface area contributed by atoms with Crippen LogP contribution in [0.3, 0.4) is 0 Å². The number of rotatable bonds is 5. The lowest BCUT2D eigenvalue weighted by Gasteiger charge is -2.09. The first-order valence-corrected chi connectivity index (χ1v) is 8.47. The Morgan fingerprint density at radius 3 is 2.57 bits per heavy atom. The molecule has 0 aliphatic rings. The molecule has 0 unspecified atom stereocenters. The molecule has 0 aromatic heterocycles. The lowest BCUT2D eigenvalue weighted by molar-refractivity contribution is 0.252. The number of aryl methyl sites for hydroxylation is 1. The molecule has 122 valence electrons. The Labute approximate surface area is 135 Å². The van der Waals surface area contributed by atoms with Crippen LogP contribution in [0.15, 0.2) is 53.4 Å². The van der Waals surface area contributed by atoms with Crippen LogP contribution >= 0.6 is 0 Å². The molecular formula is C16H18N2O4S. The average Bonchev–Trinajstić information content (AvgIpc) is 2.48. The summed E-state index contributed by atoms with van der Waals surface area (Å²) in [6.45, 7) is 2.46. The van der Waals surface area contributed by atoms with Gasteiger partial charge in [0.05, 0.1) is 4.90 Å². The van der Waals surface area contributed by atoms with Crippen LogP contribution in [-0.2, 0) is 16.5 Å². The third-order valence-electron chi connectivity index (χ3n) is 3.33. The molecule has 0 aliphatic carbocycles. The number of anilines is 1. The van der Waals surface area contributed by atoms with E-state index in [-0.39, 0.29) is 10.6 Å². The molecule has 0 bridgehead atoms. The van der Waals surface area contributed by atoms with E-state index < -0.39 is 16.1 Å². The Bertz CT molecular complexity index is 803. The number of urea groups is 1. The van der Waals surface area contributed by atoms with E-state index in [2.05, 4.69) is 10.6 Å². The van der Waals surface area contributed by atoms with Gasteiger partial charge in [0, 0.05) is 12.2 Å². The van der Waals surface area contributed by atoms with Gasteiger partial charge in [-0.1, -0.05) is 30.3 Å². The van der Waals surface area contributed by atoms with Gasteiger partial charge in [-0.2, -0.15) is 8.42 Å². The van der Waals surface area contributed by atoms with Gasteiger partial charge in [0.1, 0.15) is 0 Å². The second-order valence-electron chi connectivity index (χ2n) is 5.06. The standard InChI is InChI=1S/C16H18N2O4S/c1-12-5-2-3-6-13(12)9-10-17-16(19)18-14-7-4-8-15(11-14)23(20,21)22/h2-8,11H,9-10H2,1H3,(H2,17,18,19)(H,20,21,22). The number of hydrogen-bond donors (Lipinski definition) is 3. The predicted molar refractivity (Wildman–Crippen MR) is 88.2 cm³/mol. The van der Waals surface area contributed by atoms with Crippen molar-refractivity contribution in [2.45, 2.75) is 18.2 Å². The number of benzene rings is 2. The molecule has 0 heterocycles. The summed E-state index contributed by atoms with van der Waals surface area (Å²) in [6.07, 6.45) is 0.700. The number of hydrogen-bond acceptors (Lipinski definition) is 3. The topological polar surface area (TPSA) is 95.5 Å². The zero-order valence-corrected chi connectivity index (χ0v) is 13.4. The Balaban J connectivity index is 1.89. The largest absolute Gasteiger partial charge is 0.338 e. The highest BCUT2D eigenvalue weighted by Gasteiger charge is 2.10. The average molecular weight is 334 g/mol. The first kappa shape index (κ1) is 17.0. The highest BCUT2D eigenvalue weighted by Crippen LogP contribution is 2.15. The number of carbonyl (C=O) groups excluding carboxylic acids is 1. The van der Waals surface area contributed by atoms with E-state index in [0.717, 1.165) is 11.1 Å². The SMILES string of the molecule is Cc1ccccc1CCNC(=O)Nc1cccc(S(=O)(=O)O)c1. The summed E-state index contributed by atoms with van der Waals surface area (Å²) in [5.41, 5.74) is 2.60. The van der Waals surface area contributed by atoms with E-state index in [9.17, 15) is 13.2 Å². The van der Waals surface area contributed by atoms with Crippen LogP contribution in [0.4, 0.5) is 10.5 Å². The fourth-order valence-electron chi connectivity index (χ4n) is 2.11. The third kappa shape index (κ3) is 5.08. The second kappa shape index (κ2) is 7.26. The van der Waals surface area contributed by atoms with Gasteiger partial charge in [0.25, 0.3) is 10.1 Å². The van der Waals surface area contributed by atoms with Gasteiger partial charge < -0.3 is 10.6 Å². The molecule has 2 aromatic carbocycles. The lowest BCUT2D eigenvalue weighted by atomic mass is 10.1. The van der Waals surface area contributed by atoms with Gasteiger partial charge in [0.15, 0.2) is 0 Å². The summed E-state index contributed by atoms with van der Waals surface area (Å²) in [5, 5.41) is 5.23. The summed E-state index contributed by atoms with van der Waals surface area (Å²) in [7, 11) is -4.29. The molecule has 2 amide bonds. The van der Waals surface area contributed by atoms with Gasteiger partial charge in [-0.25, -0.2) is 4.79 Å². The number of nitrogens with one attached hydrogen (secondary N) is 2. The summed E-state index contributed by atoms with van der Waals surface area (Å²) in [4.78, 5) is 11.5. The summed E-state index contributed by atoms with van der Waals surface area (Å²) < 4.78 is 31.1. The minimum absolute atomic E-state index is 0.268. The van der Waals surface area contributed by atoms with Gasteiger partial charge in [-0.15, -0.1) is 0 Å². The van der Waals surface area contributed by atoms with Crippen molar-refractivity contribution < 1.29 is 17.8 Å². The van der Waals surface area contributed by atoms with Crippen molar-refractivity contribution >= 4 is 21.8 Å². The molecule has 2 aromatic rings. The highest BCUT2D eigenvalue weighted by molar-refractivity contribution is 7.85. The number of carbonyl (C=O) groups is 1. The van der Waals surface area contributed by atoms with Crippen LogP contribution in [-0.4, -0.2) is 25.5 Å². The molecule has 7 heteroatoms. The molecule has 0 atom stereocenters. The van der Waals surface area contributed by atoms with E-state index in [1.54, 1.807) is 0 Å². The minimum Gasteiger partial charge on any atom is -0.338 e. The van der Waals surface area contributed by atoms with Crippen molar-refractivity contribution in [2.75, 3.05) is 11.9 Å². The Morgan fingerprint density at radius 1 is 1.13 bits per heavy atom. The predicted octanol–water partition coefficient (Wildman–Crippen LogP) is 2.61. The monoisotopic (exact) mass is 334 g/mol. The van der Waals surface area contributed by atoms with Gasteiger partial charge in [0.2, 0.25) is 0 Å². The van der Waals surface area contributed by atoms with Crippen molar-refractivity contribution in [1.82, 2.24) is 5.32 Å². The van der Waals surface area contributed by atoms with Crippen molar-refractivity contribution in [1.29, 1.82) is 0 Å². The van der Waals surface area contributed by atoms with Crippen LogP contribution in [0.5, 0.6) is 0 Å². The normalized spacial score (nSPS) is 11.0. The molecule has 3 N–H and O–H groups in total. The van der Waals surface area contributed by atoms with Crippen LogP contribution in [0, 0.1) is 6.92 Å². The summed E-state index contributed by atoms with van der Waals surface area (Å²) in [6, 6.07) is 12.9. The van der Waals surface area contributed by atoms with E-state index in [1.165, 1.54) is 24.3 Å². The lowest BCUT2D eigenvalue weighted by Crippen LogP contribution is -2.30. The second-order valence-corrected chi connectivity index (χ2v) is 6.48. The fourth-order valence-corrected chi connectivity index (χ4v) is 2.64. The smallest absolute Gasteiger partial charge is 0.319 e. The van der Waals surface area contributed by atoms with Crippen LogP contribution in [0.2, 0.25) is 0 Å². The van der Waals surface area contributed by atoms with Crippen molar-refractivity contribution in [3.8, 4) is 0 Å². The maximum atomic E-state index is 11.8. The van der Waals surface area contributed by atoms with E-state index >= 15 is 0 Å². The van der Waals surface area contributed by atoms with Gasteiger partial charge >= 0.3 is 6.03 Å². The van der Waals surface area contributed by atoms with E-state index in [1.807, 2.05) is 31.2 Å². The van der Waals surface area contributed by atoms with Crippen molar-refractivity contribution in [3.05, 3.63) is 59.7 Å². The Kier molecular flexibility index (Phi) is 5.36. The maximum absolute atomic E-state index is 11.8. The molecule has 0 spiro atoms. The summed E-state index contributed by atoms with van der Waals surface area (Å²) in [5.74, 6) is 0. The van der Waals surface area contributed by atoms with Crippen LogP contribution in [0.1, 0.15) is 11.1 Å². The first-order chi connectivity index (χ1) is 10.9. The minimum atomic E-state index is -4.29.